The van der Waals surface area contributed by atoms with Crippen LogP contribution in [0.2, 0.25) is 10.0 Å². The molecule has 5 rings (SSSR count). The molecule has 1 aliphatic heterocycles. The molecule has 12 nitrogen and oxygen atoms in total. The van der Waals surface area contributed by atoms with E-state index < -0.39 is 6.03 Å². The number of carbonyl (C=O) groups is 3. The van der Waals surface area contributed by atoms with Gasteiger partial charge in [-0.05, 0) is 29.3 Å². The van der Waals surface area contributed by atoms with Gasteiger partial charge in [0.25, 0.3) is 0 Å². The summed E-state index contributed by atoms with van der Waals surface area (Å²) in [4.78, 5) is 50.3. The van der Waals surface area contributed by atoms with Crippen molar-refractivity contribution in [3.63, 3.8) is 0 Å². The van der Waals surface area contributed by atoms with E-state index >= 15 is 0 Å². The van der Waals surface area contributed by atoms with Crippen molar-refractivity contribution in [3.05, 3.63) is 87.5 Å². The topological polar surface area (TPSA) is 138 Å². The molecular weight excluding hydrogens is 645 g/mol. The average Bonchev–Trinajstić information content (AvgIpc) is 3.06. The normalized spacial score (nSPS) is 12.3. The largest absolute Gasteiger partial charge is 0.495 e. The zero-order chi connectivity index (χ0) is 33.7. The molecule has 0 saturated carbocycles. The molecule has 4 amide bonds. The zero-order valence-electron chi connectivity index (χ0n) is 26.2. The molecule has 1 aromatic heterocycles. The first-order chi connectivity index (χ1) is 22.6. The van der Waals surface area contributed by atoms with E-state index in [4.69, 9.17) is 37.7 Å². The van der Waals surface area contributed by atoms with Gasteiger partial charge >= 0.3 is 6.03 Å². The molecule has 0 saturated heterocycles. The van der Waals surface area contributed by atoms with Gasteiger partial charge in [0, 0.05) is 49.1 Å². The molecule has 0 fully saturated rings. The van der Waals surface area contributed by atoms with Gasteiger partial charge in [0.05, 0.1) is 33.0 Å². The minimum atomic E-state index is -0.463. The number of halogens is 2. The summed E-state index contributed by atoms with van der Waals surface area (Å²) in [6.07, 6.45) is 1.95. The Kier molecular flexibility index (Phi) is 10.3. The molecule has 0 unspecified atom stereocenters. The lowest BCUT2D eigenvalue weighted by Crippen LogP contribution is -2.48. The Labute approximate surface area is 282 Å². The molecule has 3 N–H and O–H groups in total. The Morgan fingerprint density at radius 3 is 2.40 bits per heavy atom. The van der Waals surface area contributed by atoms with E-state index in [2.05, 4.69) is 20.9 Å². The lowest BCUT2D eigenvalue weighted by Gasteiger charge is -2.37. The summed E-state index contributed by atoms with van der Waals surface area (Å²) in [6, 6.07) is 15.8. The van der Waals surface area contributed by atoms with Gasteiger partial charge < -0.3 is 25.4 Å². The standard InChI is InChI=1S/C33H33Cl2N7O5/c1-5-27(44)38-23-11-8-9-20(13-23)17-42-31-22(16-37-32(40-31)39-24-12-7-6-10-21(24)15-36-19(2)43)18-41(33(42)45)30-28(34)25(46-3)14-26(47-4)29(30)35/h6-14,16H,5,15,17-18H2,1-4H3,(H,36,43)(H,38,44)(H,37,39,40). The fraction of sp³-hybridized carbons (Fsp3) is 0.242. The fourth-order valence-electron chi connectivity index (χ4n) is 5.02. The minimum absolute atomic E-state index is 0.0480. The predicted molar refractivity (Wildman–Crippen MR) is 182 cm³/mol. The van der Waals surface area contributed by atoms with Gasteiger partial charge in [0.2, 0.25) is 17.8 Å². The Morgan fingerprint density at radius 2 is 1.72 bits per heavy atom. The van der Waals surface area contributed by atoms with E-state index in [0.717, 1.165) is 11.1 Å². The number of aromatic nitrogens is 2. The Balaban J connectivity index is 1.58. The molecule has 0 spiro atoms. The minimum Gasteiger partial charge on any atom is -0.495 e. The zero-order valence-corrected chi connectivity index (χ0v) is 27.7. The summed E-state index contributed by atoms with van der Waals surface area (Å²) in [5, 5.41) is 9.15. The number of ether oxygens (including phenoxy) is 2. The molecule has 14 heteroatoms. The third-order valence-electron chi connectivity index (χ3n) is 7.37. The van der Waals surface area contributed by atoms with Crippen molar-refractivity contribution in [1.29, 1.82) is 0 Å². The lowest BCUT2D eigenvalue weighted by atomic mass is 10.1. The van der Waals surface area contributed by atoms with Crippen molar-refractivity contribution >= 4 is 69.9 Å². The number of benzene rings is 3. The Hall–Kier alpha value is -5.07. The molecule has 0 aliphatic carbocycles. The molecule has 3 aromatic carbocycles. The number of nitrogens with zero attached hydrogens (tertiary/aromatic N) is 4. The van der Waals surface area contributed by atoms with Gasteiger partial charge in [-0.3, -0.25) is 19.4 Å². The summed E-state index contributed by atoms with van der Waals surface area (Å²) in [5.41, 5.74) is 3.67. The first-order valence-corrected chi connectivity index (χ1v) is 15.4. The van der Waals surface area contributed by atoms with Crippen LogP contribution < -0.4 is 35.2 Å². The highest BCUT2D eigenvalue weighted by Crippen LogP contribution is 2.48. The summed E-state index contributed by atoms with van der Waals surface area (Å²) in [7, 11) is 2.91. The van der Waals surface area contributed by atoms with E-state index in [9.17, 15) is 14.4 Å². The van der Waals surface area contributed by atoms with Crippen LogP contribution in [-0.4, -0.2) is 42.0 Å². The highest BCUT2D eigenvalue weighted by Gasteiger charge is 2.37. The van der Waals surface area contributed by atoms with Crippen molar-refractivity contribution < 1.29 is 23.9 Å². The monoisotopic (exact) mass is 677 g/mol. The van der Waals surface area contributed by atoms with Gasteiger partial charge in [-0.2, -0.15) is 4.98 Å². The summed E-state index contributed by atoms with van der Waals surface area (Å²) < 4.78 is 10.9. The molecular formula is C33H33Cl2N7O5. The van der Waals surface area contributed by atoms with Gasteiger partial charge in [0.15, 0.2) is 0 Å². The van der Waals surface area contributed by atoms with Crippen LogP contribution in [0.1, 0.15) is 37.0 Å². The van der Waals surface area contributed by atoms with Crippen LogP contribution in [0.15, 0.2) is 60.8 Å². The predicted octanol–water partition coefficient (Wildman–Crippen LogP) is 6.68. The second kappa shape index (κ2) is 14.6. The van der Waals surface area contributed by atoms with Crippen LogP contribution in [0.5, 0.6) is 11.5 Å². The van der Waals surface area contributed by atoms with Crippen LogP contribution in [0.3, 0.4) is 0 Å². The maximum Gasteiger partial charge on any atom is 0.330 e. The number of urea groups is 1. The number of para-hydroxylation sites is 1. The second-order valence-electron chi connectivity index (χ2n) is 10.5. The van der Waals surface area contributed by atoms with Crippen LogP contribution >= 0.6 is 23.2 Å². The van der Waals surface area contributed by atoms with Crippen molar-refractivity contribution in [3.8, 4) is 11.5 Å². The highest BCUT2D eigenvalue weighted by atomic mass is 35.5. The van der Waals surface area contributed by atoms with Crippen molar-refractivity contribution in [2.24, 2.45) is 0 Å². The average molecular weight is 679 g/mol. The fourth-order valence-corrected chi connectivity index (χ4v) is 5.73. The number of amides is 4. The van der Waals surface area contributed by atoms with E-state index in [1.807, 2.05) is 30.3 Å². The van der Waals surface area contributed by atoms with Crippen LogP contribution in [0.25, 0.3) is 0 Å². The lowest BCUT2D eigenvalue weighted by molar-refractivity contribution is -0.119. The molecule has 4 aromatic rings. The van der Waals surface area contributed by atoms with E-state index in [-0.39, 0.29) is 58.1 Å². The summed E-state index contributed by atoms with van der Waals surface area (Å²) >= 11 is 13.5. The van der Waals surface area contributed by atoms with E-state index in [1.165, 1.54) is 30.9 Å². The first-order valence-electron chi connectivity index (χ1n) is 14.7. The van der Waals surface area contributed by atoms with Gasteiger partial charge in [0.1, 0.15) is 27.4 Å². The van der Waals surface area contributed by atoms with Crippen LogP contribution in [0, 0.1) is 0 Å². The number of hydrogen-bond acceptors (Lipinski definition) is 8. The molecule has 0 radical (unpaired) electrons. The molecule has 0 bridgehead atoms. The van der Waals surface area contributed by atoms with Gasteiger partial charge in [-0.1, -0.05) is 60.5 Å². The Bertz CT molecular complexity index is 1810. The first kappa shape index (κ1) is 33.3. The van der Waals surface area contributed by atoms with Crippen molar-refractivity contribution in [2.45, 2.75) is 39.9 Å². The van der Waals surface area contributed by atoms with Gasteiger partial charge in [-0.15, -0.1) is 0 Å². The SMILES string of the molecule is CCC(=O)Nc1cccc(CN2C(=O)N(c3c(Cl)c(OC)cc(OC)c3Cl)Cc3cnc(Nc4ccccc4CNC(C)=O)nc32)c1. The maximum absolute atomic E-state index is 14.4. The summed E-state index contributed by atoms with van der Waals surface area (Å²) in [6.45, 7) is 3.66. The molecule has 1 aliphatic rings. The number of carbonyl (C=O) groups excluding carboxylic acids is 3. The molecule has 244 valence electrons. The maximum atomic E-state index is 14.4. The van der Waals surface area contributed by atoms with E-state index in [1.54, 1.807) is 37.4 Å². The van der Waals surface area contributed by atoms with Gasteiger partial charge in [-0.25, -0.2) is 9.78 Å². The number of anilines is 5. The number of hydrogen-bond donors (Lipinski definition) is 3. The van der Waals surface area contributed by atoms with E-state index in [0.29, 0.717) is 35.7 Å². The number of rotatable bonds is 11. The molecule has 47 heavy (non-hydrogen) atoms. The van der Waals surface area contributed by atoms with Crippen LogP contribution in [0.4, 0.5) is 33.6 Å². The van der Waals surface area contributed by atoms with Crippen molar-refractivity contribution in [1.82, 2.24) is 15.3 Å². The summed E-state index contributed by atoms with van der Waals surface area (Å²) in [5.74, 6) is 0.880. The smallest absolute Gasteiger partial charge is 0.330 e. The molecule has 2 heterocycles. The third-order valence-corrected chi connectivity index (χ3v) is 8.10. The molecule has 0 atom stereocenters. The number of methoxy groups -OCH3 is 2. The van der Waals surface area contributed by atoms with Crippen LogP contribution in [-0.2, 0) is 29.2 Å². The quantitative estimate of drug-likeness (QED) is 0.160. The van der Waals surface area contributed by atoms with Crippen molar-refractivity contribution in [2.75, 3.05) is 34.7 Å². The Morgan fingerprint density at radius 1 is 1.00 bits per heavy atom. The second-order valence-corrected chi connectivity index (χ2v) is 11.3. The number of fused-ring (bicyclic) bond motifs is 1. The number of nitrogens with one attached hydrogen (secondary N) is 3. The third kappa shape index (κ3) is 7.34. The highest BCUT2D eigenvalue weighted by molar-refractivity contribution is 6.42.